The zero-order valence-corrected chi connectivity index (χ0v) is 11.1. The molecule has 0 aromatic carbocycles. The molecule has 0 spiro atoms. The first-order valence-corrected chi connectivity index (χ1v) is 6.42. The molecule has 3 nitrogen and oxygen atoms in total. The van der Waals surface area contributed by atoms with E-state index in [4.69, 9.17) is 0 Å². The van der Waals surface area contributed by atoms with Gasteiger partial charge in [-0.2, -0.15) is 18.3 Å². The predicted molar refractivity (Wildman–Crippen MR) is 64.7 cm³/mol. The van der Waals surface area contributed by atoms with E-state index < -0.39 is 12.7 Å². The number of hydrogen-bond acceptors (Lipinski definition) is 3. The Bertz CT molecular complexity index is 562. The molecule has 0 saturated heterocycles. The van der Waals surface area contributed by atoms with Crippen LogP contribution in [0.1, 0.15) is 10.5 Å². The van der Waals surface area contributed by atoms with Gasteiger partial charge in [0.1, 0.15) is 17.9 Å². The average molecular weight is 339 g/mol. The van der Waals surface area contributed by atoms with Crippen molar-refractivity contribution in [3.8, 4) is 10.6 Å². The quantitative estimate of drug-likeness (QED) is 0.799. The van der Waals surface area contributed by atoms with Crippen molar-refractivity contribution in [2.45, 2.75) is 12.7 Å². The van der Waals surface area contributed by atoms with Gasteiger partial charge in [0, 0.05) is 0 Å². The van der Waals surface area contributed by atoms with Crippen molar-refractivity contribution in [1.82, 2.24) is 9.78 Å². The van der Waals surface area contributed by atoms with E-state index in [1.165, 1.54) is 11.3 Å². The Morgan fingerprint density at radius 3 is 2.72 bits per heavy atom. The van der Waals surface area contributed by atoms with Crippen LogP contribution in [-0.4, -0.2) is 22.2 Å². The highest BCUT2D eigenvalue weighted by molar-refractivity contribution is 9.10. The minimum atomic E-state index is -4.42. The van der Waals surface area contributed by atoms with Crippen LogP contribution in [0.2, 0.25) is 0 Å². The lowest BCUT2D eigenvalue weighted by atomic mass is 10.3. The first-order chi connectivity index (χ1) is 8.42. The number of carbonyl (C=O) groups excluding carboxylic acids is 1. The van der Waals surface area contributed by atoms with Crippen molar-refractivity contribution in [2.75, 3.05) is 0 Å². The summed E-state index contributed by atoms with van der Waals surface area (Å²) in [5, 5.41) is 5.62. The lowest BCUT2D eigenvalue weighted by Crippen LogP contribution is -2.20. The van der Waals surface area contributed by atoms with E-state index >= 15 is 0 Å². The molecule has 96 valence electrons. The van der Waals surface area contributed by atoms with Crippen molar-refractivity contribution in [1.29, 1.82) is 0 Å². The van der Waals surface area contributed by atoms with Crippen LogP contribution in [0.15, 0.2) is 22.0 Å². The molecule has 0 aliphatic rings. The molecule has 2 aromatic rings. The Balaban J connectivity index is 2.49. The van der Waals surface area contributed by atoms with Crippen LogP contribution in [-0.2, 0) is 6.54 Å². The molecule has 0 saturated carbocycles. The van der Waals surface area contributed by atoms with Crippen molar-refractivity contribution in [2.24, 2.45) is 0 Å². The largest absolute Gasteiger partial charge is 0.408 e. The van der Waals surface area contributed by atoms with Gasteiger partial charge in [0.05, 0.1) is 9.35 Å². The molecule has 0 aliphatic heterocycles. The highest BCUT2D eigenvalue weighted by Crippen LogP contribution is 2.33. The van der Waals surface area contributed by atoms with Gasteiger partial charge in [0.2, 0.25) is 0 Å². The summed E-state index contributed by atoms with van der Waals surface area (Å²) in [7, 11) is 0. The van der Waals surface area contributed by atoms with Crippen LogP contribution in [0, 0.1) is 0 Å². The summed E-state index contributed by atoms with van der Waals surface area (Å²) in [5.74, 6) is 0. The molecule has 0 atom stereocenters. The number of rotatable bonds is 3. The number of thiophene rings is 1. The van der Waals surface area contributed by atoms with Crippen LogP contribution in [0.25, 0.3) is 10.6 Å². The Labute approximate surface area is 112 Å². The van der Waals surface area contributed by atoms with Crippen LogP contribution in [0.4, 0.5) is 13.2 Å². The number of aldehydes is 1. The second-order valence-electron chi connectivity index (χ2n) is 3.42. The van der Waals surface area contributed by atoms with Gasteiger partial charge in [-0.25, -0.2) is 0 Å². The lowest BCUT2D eigenvalue weighted by molar-refractivity contribution is -0.142. The summed E-state index contributed by atoms with van der Waals surface area (Å²) >= 11 is 4.45. The fourth-order valence-electron chi connectivity index (χ4n) is 1.43. The molecule has 0 N–H and O–H groups in total. The molecular weight excluding hydrogens is 333 g/mol. The topological polar surface area (TPSA) is 34.9 Å². The van der Waals surface area contributed by atoms with Gasteiger partial charge in [-0.1, -0.05) is 6.07 Å². The molecule has 8 heteroatoms. The normalized spacial score (nSPS) is 11.8. The molecule has 2 heterocycles. The molecule has 18 heavy (non-hydrogen) atoms. The summed E-state index contributed by atoms with van der Waals surface area (Å²) in [5.41, 5.74) is 0.229. The molecular formula is C10H6BrF3N2OS. The van der Waals surface area contributed by atoms with E-state index in [2.05, 4.69) is 21.0 Å². The number of nitrogens with zero attached hydrogens (tertiary/aromatic N) is 2. The SMILES string of the molecule is O=Cc1c(Br)c(-c2cccs2)nn1CC(F)(F)F. The lowest BCUT2D eigenvalue weighted by Gasteiger charge is -2.06. The van der Waals surface area contributed by atoms with Crippen molar-refractivity contribution < 1.29 is 18.0 Å². The smallest absolute Gasteiger partial charge is 0.296 e. The second kappa shape index (κ2) is 4.85. The highest BCUT2D eigenvalue weighted by Gasteiger charge is 2.31. The van der Waals surface area contributed by atoms with Gasteiger partial charge in [-0.3, -0.25) is 9.48 Å². The highest BCUT2D eigenvalue weighted by atomic mass is 79.9. The van der Waals surface area contributed by atoms with Crippen molar-refractivity contribution in [3.05, 3.63) is 27.7 Å². The minimum Gasteiger partial charge on any atom is -0.296 e. The summed E-state index contributed by atoms with van der Waals surface area (Å²) in [4.78, 5) is 11.6. The third kappa shape index (κ3) is 2.64. The average Bonchev–Trinajstić information content (AvgIpc) is 2.84. The van der Waals surface area contributed by atoms with Crippen LogP contribution in [0.3, 0.4) is 0 Å². The molecule has 2 aromatic heterocycles. The van der Waals surface area contributed by atoms with Crippen LogP contribution in [0.5, 0.6) is 0 Å². The Morgan fingerprint density at radius 2 is 2.22 bits per heavy atom. The third-order valence-corrected chi connectivity index (χ3v) is 3.79. The van der Waals surface area contributed by atoms with E-state index in [1.807, 2.05) is 0 Å². The zero-order chi connectivity index (χ0) is 13.3. The van der Waals surface area contributed by atoms with Gasteiger partial charge in [-0.05, 0) is 27.4 Å². The fraction of sp³-hybridized carbons (Fsp3) is 0.200. The zero-order valence-electron chi connectivity index (χ0n) is 8.74. The number of halogens is 4. The Hall–Kier alpha value is -1.15. The number of aromatic nitrogens is 2. The Kier molecular flexibility index (Phi) is 3.58. The van der Waals surface area contributed by atoms with Crippen LogP contribution >= 0.6 is 27.3 Å². The predicted octanol–water partition coefficient (Wildman–Crippen LogP) is 3.75. The third-order valence-electron chi connectivity index (χ3n) is 2.13. The standard InChI is InChI=1S/C10H6BrF3N2OS/c11-8-6(4-17)16(5-10(12,13)14)15-9(8)7-2-1-3-18-7/h1-4H,5H2. The maximum absolute atomic E-state index is 12.4. The monoisotopic (exact) mass is 338 g/mol. The molecule has 0 bridgehead atoms. The van der Waals surface area contributed by atoms with Gasteiger partial charge in [0.25, 0.3) is 0 Å². The van der Waals surface area contributed by atoms with E-state index in [0.717, 1.165) is 0 Å². The second-order valence-corrected chi connectivity index (χ2v) is 5.16. The summed E-state index contributed by atoms with van der Waals surface area (Å²) in [6.45, 7) is -1.29. The number of hydrogen-bond donors (Lipinski definition) is 0. The van der Waals surface area contributed by atoms with Crippen molar-refractivity contribution in [3.63, 3.8) is 0 Å². The van der Waals surface area contributed by atoms with E-state index in [9.17, 15) is 18.0 Å². The summed E-state index contributed by atoms with van der Waals surface area (Å²) in [6.07, 6.45) is -4.06. The molecule has 0 radical (unpaired) electrons. The maximum atomic E-state index is 12.4. The van der Waals surface area contributed by atoms with E-state index in [0.29, 0.717) is 21.5 Å². The number of carbonyl (C=O) groups is 1. The molecule has 0 aliphatic carbocycles. The van der Waals surface area contributed by atoms with Gasteiger partial charge in [0.15, 0.2) is 6.29 Å². The van der Waals surface area contributed by atoms with Gasteiger partial charge >= 0.3 is 6.18 Å². The minimum absolute atomic E-state index is 0.115. The van der Waals surface area contributed by atoms with E-state index in [-0.39, 0.29) is 10.2 Å². The molecule has 0 fully saturated rings. The van der Waals surface area contributed by atoms with Crippen molar-refractivity contribution >= 4 is 33.6 Å². The van der Waals surface area contributed by atoms with Crippen LogP contribution < -0.4 is 0 Å². The Morgan fingerprint density at radius 1 is 1.50 bits per heavy atom. The van der Waals surface area contributed by atoms with E-state index in [1.54, 1.807) is 17.5 Å². The molecule has 2 rings (SSSR count). The fourth-order valence-corrected chi connectivity index (χ4v) is 2.86. The first kappa shape index (κ1) is 13.3. The molecule has 0 unspecified atom stereocenters. The summed E-state index contributed by atoms with van der Waals surface area (Å²) in [6, 6.07) is 3.49. The number of alkyl halides is 3. The maximum Gasteiger partial charge on any atom is 0.408 e. The molecule has 0 amide bonds. The van der Waals surface area contributed by atoms with Gasteiger partial charge in [-0.15, -0.1) is 11.3 Å². The van der Waals surface area contributed by atoms with Gasteiger partial charge < -0.3 is 0 Å². The summed E-state index contributed by atoms with van der Waals surface area (Å²) < 4.78 is 38.0. The first-order valence-electron chi connectivity index (χ1n) is 4.74.